The van der Waals surface area contributed by atoms with Crippen LogP contribution in [0.1, 0.15) is 265 Å². The van der Waals surface area contributed by atoms with Crippen molar-refractivity contribution in [2.45, 2.75) is 271 Å². The van der Waals surface area contributed by atoms with Crippen LogP contribution in [0, 0.1) is 0 Å². The molecule has 0 bridgehead atoms. The maximum atomic E-state index is 12.8. The summed E-state index contributed by atoms with van der Waals surface area (Å²) >= 11 is 0. The molecule has 0 amide bonds. The van der Waals surface area contributed by atoms with E-state index in [2.05, 4.69) is 154 Å². The number of unbranched alkanes of at least 4 members (excludes halogenated alkanes) is 21. The number of hydrogen-bond acceptors (Lipinski definition) is 6. The number of rotatable bonds is 54. The van der Waals surface area contributed by atoms with Gasteiger partial charge in [-0.3, -0.25) is 14.4 Å². The molecule has 0 aliphatic carbocycles. The molecule has 0 rings (SSSR count). The van der Waals surface area contributed by atoms with E-state index in [4.69, 9.17) is 14.2 Å². The Hall–Kier alpha value is -4.45. The van der Waals surface area contributed by atoms with Crippen molar-refractivity contribution < 1.29 is 28.6 Å². The summed E-state index contributed by atoms with van der Waals surface area (Å²) in [7, 11) is 0. The van der Waals surface area contributed by atoms with Gasteiger partial charge in [-0.2, -0.15) is 0 Å². The first-order chi connectivity index (χ1) is 37.0. The lowest BCUT2D eigenvalue weighted by Crippen LogP contribution is -2.30. The van der Waals surface area contributed by atoms with Crippen molar-refractivity contribution >= 4 is 17.9 Å². The molecule has 6 heteroatoms. The third kappa shape index (κ3) is 60.3. The molecule has 0 aliphatic heterocycles. The number of esters is 3. The molecule has 75 heavy (non-hydrogen) atoms. The molecule has 0 fully saturated rings. The molecule has 0 aromatic heterocycles. The molecule has 0 aliphatic rings. The second kappa shape index (κ2) is 62.1. The zero-order valence-electron chi connectivity index (χ0n) is 48.5. The lowest BCUT2D eigenvalue weighted by molar-refractivity contribution is -0.167. The van der Waals surface area contributed by atoms with Gasteiger partial charge in [0, 0.05) is 19.3 Å². The quantitative estimate of drug-likeness (QED) is 0.0261. The van der Waals surface area contributed by atoms with Gasteiger partial charge in [0.15, 0.2) is 6.10 Å². The Morgan fingerprint density at radius 1 is 0.280 bits per heavy atom. The predicted octanol–water partition coefficient (Wildman–Crippen LogP) is 21.0. The lowest BCUT2D eigenvalue weighted by Gasteiger charge is -2.18. The summed E-state index contributed by atoms with van der Waals surface area (Å²) < 4.78 is 16.8. The largest absolute Gasteiger partial charge is 0.462 e. The van der Waals surface area contributed by atoms with Crippen molar-refractivity contribution in [2.24, 2.45) is 0 Å². The van der Waals surface area contributed by atoms with Crippen LogP contribution in [-0.2, 0) is 28.6 Å². The minimum Gasteiger partial charge on any atom is -0.462 e. The fraction of sp³-hybridized carbons (Fsp3) is 0.638. The molecule has 0 aromatic rings. The van der Waals surface area contributed by atoms with Crippen molar-refractivity contribution in [3.05, 3.63) is 134 Å². The van der Waals surface area contributed by atoms with E-state index in [0.29, 0.717) is 19.3 Å². The average molecular weight is 1040 g/mol. The average Bonchev–Trinajstić information content (AvgIpc) is 3.41. The van der Waals surface area contributed by atoms with Gasteiger partial charge in [-0.25, -0.2) is 0 Å². The maximum absolute atomic E-state index is 12.8. The minimum atomic E-state index is -0.798. The highest BCUT2D eigenvalue weighted by Crippen LogP contribution is 2.14. The summed E-state index contributed by atoms with van der Waals surface area (Å²) in [6, 6.07) is 0. The van der Waals surface area contributed by atoms with Gasteiger partial charge in [-0.05, 0) is 122 Å². The van der Waals surface area contributed by atoms with E-state index >= 15 is 0 Å². The lowest BCUT2D eigenvalue weighted by atomic mass is 10.1. The summed E-state index contributed by atoms with van der Waals surface area (Å²) in [6.45, 7) is 6.44. The highest BCUT2D eigenvalue weighted by atomic mass is 16.6. The van der Waals surface area contributed by atoms with Crippen LogP contribution in [0.15, 0.2) is 134 Å². The predicted molar refractivity (Wildman–Crippen MR) is 325 cm³/mol. The van der Waals surface area contributed by atoms with Crippen molar-refractivity contribution in [2.75, 3.05) is 13.2 Å². The fourth-order valence-electron chi connectivity index (χ4n) is 8.05. The standard InChI is InChI=1S/C69H112O6/c1-4-7-10-13-16-19-21-23-25-27-29-30-31-32-33-34-35-36-37-38-39-40-41-43-44-46-48-50-53-56-59-62-68(71)74-65-66(64-73-67(70)61-58-55-52-18-15-12-9-6-3)75-69(72)63-60-57-54-51-49-47-45-42-28-26-24-22-20-17-14-11-8-5-2/h7,10,16,19-20,22-23,25-26,28-30,32-33,35-36,38-39,41,43,46,48,66H,4-6,8-9,11-15,17-18,21,24,27,31,34,37,40,42,44-45,47,49-65H2,1-3H3/b10-7-,19-16-,22-20-,25-23-,28-26-,30-29-,33-32-,36-35-,39-38-,43-41-,48-46-. The van der Waals surface area contributed by atoms with Gasteiger partial charge in [0.05, 0.1) is 0 Å². The van der Waals surface area contributed by atoms with Gasteiger partial charge in [-0.15, -0.1) is 0 Å². The topological polar surface area (TPSA) is 78.9 Å². The van der Waals surface area contributed by atoms with Crippen LogP contribution >= 0.6 is 0 Å². The van der Waals surface area contributed by atoms with E-state index in [0.717, 1.165) is 135 Å². The van der Waals surface area contributed by atoms with Gasteiger partial charge in [0.25, 0.3) is 0 Å². The Balaban J connectivity index is 4.30. The molecular formula is C69H112O6. The molecule has 6 nitrogen and oxygen atoms in total. The Morgan fingerprint density at radius 3 is 0.840 bits per heavy atom. The van der Waals surface area contributed by atoms with E-state index in [1.165, 1.54) is 89.9 Å². The number of hydrogen-bond donors (Lipinski definition) is 0. The molecule has 1 unspecified atom stereocenters. The van der Waals surface area contributed by atoms with Crippen LogP contribution in [0.4, 0.5) is 0 Å². The first-order valence-electron chi connectivity index (χ1n) is 30.7. The van der Waals surface area contributed by atoms with Gasteiger partial charge in [0.2, 0.25) is 0 Å². The van der Waals surface area contributed by atoms with Crippen LogP contribution in [0.25, 0.3) is 0 Å². The summed E-state index contributed by atoms with van der Waals surface area (Å²) in [5.74, 6) is -0.943. The summed E-state index contributed by atoms with van der Waals surface area (Å²) in [4.78, 5) is 38.1. The second-order valence-corrected chi connectivity index (χ2v) is 19.9. The number of carbonyl (C=O) groups is 3. The summed E-state index contributed by atoms with van der Waals surface area (Å²) in [5.41, 5.74) is 0. The molecule has 1 atom stereocenters. The fourth-order valence-corrected chi connectivity index (χ4v) is 8.05. The van der Waals surface area contributed by atoms with Crippen molar-refractivity contribution in [1.82, 2.24) is 0 Å². The monoisotopic (exact) mass is 1040 g/mol. The van der Waals surface area contributed by atoms with E-state index in [1.54, 1.807) is 0 Å². The van der Waals surface area contributed by atoms with E-state index in [-0.39, 0.29) is 31.1 Å². The van der Waals surface area contributed by atoms with Gasteiger partial charge in [0.1, 0.15) is 13.2 Å². The zero-order chi connectivity index (χ0) is 54.3. The molecule has 0 saturated carbocycles. The first-order valence-corrected chi connectivity index (χ1v) is 30.7. The van der Waals surface area contributed by atoms with E-state index in [9.17, 15) is 14.4 Å². The van der Waals surface area contributed by atoms with Crippen LogP contribution in [-0.4, -0.2) is 37.2 Å². The maximum Gasteiger partial charge on any atom is 0.306 e. The highest BCUT2D eigenvalue weighted by molar-refractivity contribution is 5.71. The van der Waals surface area contributed by atoms with Gasteiger partial charge in [-0.1, -0.05) is 257 Å². The van der Waals surface area contributed by atoms with Crippen molar-refractivity contribution in [1.29, 1.82) is 0 Å². The molecule has 0 saturated heterocycles. The second-order valence-electron chi connectivity index (χ2n) is 19.9. The zero-order valence-corrected chi connectivity index (χ0v) is 48.5. The highest BCUT2D eigenvalue weighted by Gasteiger charge is 2.19. The smallest absolute Gasteiger partial charge is 0.306 e. The van der Waals surface area contributed by atoms with Gasteiger partial charge >= 0.3 is 17.9 Å². The van der Waals surface area contributed by atoms with E-state index < -0.39 is 6.10 Å². The third-order valence-electron chi connectivity index (χ3n) is 12.6. The summed E-state index contributed by atoms with van der Waals surface area (Å²) in [5, 5.41) is 0. The normalized spacial score (nSPS) is 13.1. The van der Waals surface area contributed by atoms with Gasteiger partial charge < -0.3 is 14.2 Å². The van der Waals surface area contributed by atoms with E-state index in [1.807, 2.05) is 0 Å². The van der Waals surface area contributed by atoms with Crippen molar-refractivity contribution in [3.8, 4) is 0 Å². The molecule has 0 heterocycles. The van der Waals surface area contributed by atoms with Crippen LogP contribution in [0.5, 0.6) is 0 Å². The SMILES string of the molecule is CC/C=C\C/C=C\C/C=C\C/C=C\C/C=C\C/C=C\C/C=C\C/C=C\C/C=C\CCCCCC(=O)OCC(COC(=O)CCCCCCCCCC)OC(=O)CCCCCCCCC/C=C\C/C=C\CCCCCC. The Kier molecular flexibility index (Phi) is 58.4. The third-order valence-corrected chi connectivity index (χ3v) is 12.6. The number of carbonyl (C=O) groups excluding carboxylic acids is 3. The Labute approximate surface area is 462 Å². The van der Waals surface area contributed by atoms with Crippen LogP contribution < -0.4 is 0 Å². The Bertz CT molecular complexity index is 1620. The van der Waals surface area contributed by atoms with Crippen LogP contribution in [0.3, 0.4) is 0 Å². The molecule has 0 radical (unpaired) electrons. The van der Waals surface area contributed by atoms with Crippen LogP contribution in [0.2, 0.25) is 0 Å². The molecule has 0 spiro atoms. The van der Waals surface area contributed by atoms with Crippen molar-refractivity contribution in [3.63, 3.8) is 0 Å². The number of allylic oxidation sites excluding steroid dienone is 22. The number of ether oxygens (including phenoxy) is 3. The minimum absolute atomic E-state index is 0.0941. The molecular weight excluding hydrogens is 925 g/mol. The molecule has 0 N–H and O–H groups in total. The molecule has 0 aromatic carbocycles. The first kappa shape index (κ1) is 70.5. The Morgan fingerprint density at radius 2 is 0.520 bits per heavy atom. The summed E-state index contributed by atoms with van der Waals surface area (Å²) in [6.07, 6.45) is 87.5. The molecule has 424 valence electrons.